The number of ether oxygens (including phenoxy) is 1. The maximum atomic E-state index is 13.2. The predicted octanol–water partition coefficient (Wildman–Crippen LogP) is 6.54. The summed E-state index contributed by atoms with van der Waals surface area (Å²) >= 11 is 1.77. The molecule has 1 aromatic carbocycles. The number of rotatable bonds is 5. The number of hydrogen-bond acceptors (Lipinski definition) is 5. The molecule has 1 saturated heterocycles. The minimum absolute atomic E-state index is 0. The minimum Gasteiger partial charge on any atom is -0.494 e. The summed E-state index contributed by atoms with van der Waals surface area (Å²) < 4.78 is 11.6. The van der Waals surface area contributed by atoms with E-state index >= 15 is 0 Å². The first-order valence-electron chi connectivity index (χ1n) is 13.1. The lowest BCUT2D eigenvalue weighted by Crippen LogP contribution is -2.35. The van der Waals surface area contributed by atoms with Gasteiger partial charge in [-0.3, -0.25) is 4.79 Å². The summed E-state index contributed by atoms with van der Waals surface area (Å²) in [6.07, 6.45) is 5.97. The van der Waals surface area contributed by atoms with Gasteiger partial charge in [0, 0.05) is 32.2 Å². The van der Waals surface area contributed by atoms with Crippen LogP contribution in [0.4, 0.5) is 0 Å². The molecule has 2 fully saturated rings. The molecule has 4 heterocycles. The van der Waals surface area contributed by atoms with E-state index in [1.807, 2.05) is 37.9 Å². The highest BCUT2D eigenvalue weighted by Crippen LogP contribution is 2.39. The maximum Gasteiger partial charge on any atom is 0.254 e. The molecular weight excluding hydrogens is 482 g/mol. The second-order valence-electron chi connectivity index (χ2n) is 9.15. The number of benzene rings is 1. The Morgan fingerprint density at radius 2 is 1.84 bits per heavy atom. The van der Waals surface area contributed by atoms with E-state index in [1.165, 1.54) is 36.5 Å². The van der Waals surface area contributed by atoms with Crippen molar-refractivity contribution >= 4 is 38.5 Å². The lowest BCUT2D eigenvalue weighted by Gasteiger charge is -2.26. The summed E-state index contributed by atoms with van der Waals surface area (Å²) in [4.78, 5) is 20.2. The first kappa shape index (κ1) is 28.7. The molecular formula is C29H43N5O2S. The van der Waals surface area contributed by atoms with E-state index in [-0.39, 0.29) is 13.3 Å². The van der Waals surface area contributed by atoms with Crippen LogP contribution in [-0.4, -0.2) is 52.2 Å². The summed E-state index contributed by atoms with van der Waals surface area (Å²) in [6.45, 7) is 6.70. The van der Waals surface area contributed by atoms with Gasteiger partial charge in [-0.1, -0.05) is 21.3 Å². The molecule has 0 unspecified atom stereocenters. The molecule has 7 nitrogen and oxygen atoms in total. The van der Waals surface area contributed by atoms with Crippen LogP contribution in [0.3, 0.4) is 0 Å². The Bertz CT molecular complexity index is 1330. The highest BCUT2D eigenvalue weighted by atomic mass is 32.1. The molecule has 202 valence electrons. The quantitative estimate of drug-likeness (QED) is 0.321. The van der Waals surface area contributed by atoms with E-state index in [2.05, 4.69) is 32.4 Å². The number of aromatic nitrogens is 3. The molecule has 1 aliphatic carbocycles. The third kappa shape index (κ3) is 5.55. The molecule has 8 heteroatoms. The highest BCUT2D eigenvalue weighted by molar-refractivity contribution is 7.17. The summed E-state index contributed by atoms with van der Waals surface area (Å²) in [6, 6.07) is 8.29. The zero-order valence-corrected chi connectivity index (χ0v) is 23.0. The van der Waals surface area contributed by atoms with Gasteiger partial charge in [0.05, 0.1) is 28.5 Å². The largest absolute Gasteiger partial charge is 0.494 e. The van der Waals surface area contributed by atoms with E-state index in [4.69, 9.17) is 9.72 Å². The number of aryl methyl sites for hydroxylation is 1. The fraction of sp³-hybridized carbons (Fsp3) is 0.517. The van der Waals surface area contributed by atoms with Crippen LogP contribution in [0.5, 0.6) is 5.75 Å². The van der Waals surface area contributed by atoms with Crippen LogP contribution >= 0.6 is 11.3 Å². The second-order valence-corrected chi connectivity index (χ2v) is 10.1. The number of carbonyl (C=O) groups excluding carboxylic acids is 1. The molecule has 37 heavy (non-hydrogen) atoms. The Balaban J connectivity index is 0.000000727. The van der Waals surface area contributed by atoms with Crippen molar-refractivity contribution in [2.75, 3.05) is 27.2 Å². The molecule has 3 aromatic heterocycles. The molecule has 4 aromatic rings. The van der Waals surface area contributed by atoms with Gasteiger partial charge in [-0.05, 0) is 74.7 Å². The number of nitrogens with two attached hydrogens (primary N) is 1. The van der Waals surface area contributed by atoms with Crippen molar-refractivity contribution in [2.45, 2.75) is 59.9 Å². The van der Waals surface area contributed by atoms with Gasteiger partial charge in [0.2, 0.25) is 0 Å². The molecule has 0 atom stereocenters. The topological polar surface area (TPSA) is 78.3 Å². The summed E-state index contributed by atoms with van der Waals surface area (Å²) in [7, 11) is 5.21. The number of piperidine rings is 1. The molecule has 0 radical (unpaired) electrons. The van der Waals surface area contributed by atoms with E-state index in [9.17, 15) is 4.79 Å². The van der Waals surface area contributed by atoms with Crippen molar-refractivity contribution in [3.63, 3.8) is 0 Å². The van der Waals surface area contributed by atoms with Gasteiger partial charge < -0.3 is 24.5 Å². The summed E-state index contributed by atoms with van der Waals surface area (Å²) in [5.41, 5.74) is 9.33. The first-order valence-corrected chi connectivity index (χ1v) is 14.0. The lowest BCUT2D eigenvalue weighted by molar-refractivity contribution is 0.0724. The van der Waals surface area contributed by atoms with Gasteiger partial charge in [0.25, 0.3) is 5.91 Å². The number of imidazole rings is 1. The van der Waals surface area contributed by atoms with Crippen molar-refractivity contribution in [3.8, 4) is 17.3 Å². The Hall–Kier alpha value is -2.84. The number of carbonyl (C=O) groups is 1. The fourth-order valence-electron chi connectivity index (χ4n) is 5.02. The first-order chi connectivity index (χ1) is 17.6. The number of thiophene rings is 1. The Kier molecular flexibility index (Phi) is 9.79. The fourth-order valence-corrected chi connectivity index (χ4v) is 5.84. The zero-order valence-electron chi connectivity index (χ0n) is 22.2. The van der Waals surface area contributed by atoms with Crippen molar-refractivity contribution in [2.24, 2.45) is 18.7 Å². The van der Waals surface area contributed by atoms with Gasteiger partial charge in [-0.15, -0.1) is 11.3 Å². The summed E-state index contributed by atoms with van der Waals surface area (Å²) in [5.74, 6) is 2.47. The minimum atomic E-state index is 0. The Labute approximate surface area is 225 Å². The number of likely N-dealkylation sites (tertiary alicyclic amines) is 1. The number of nitrogens with zero attached hydrogens (tertiary/aromatic N) is 4. The van der Waals surface area contributed by atoms with E-state index in [0.29, 0.717) is 11.3 Å². The van der Waals surface area contributed by atoms with Gasteiger partial charge in [0.1, 0.15) is 11.3 Å². The van der Waals surface area contributed by atoms with Crippen LogP contribution in [0.25, 0.3) is 32.8 Å². The summed E-state index contributed by atoms with van der Waals surface area (Å²) in [5, 5.41) is 2.16. The van der Waals surface area contributed by atoms with Crippen molar-refractivity contribution in [3.05, 3.63) is 35.2 Å². The average molecular weight is 526 g/mol. The van der Waals surface area contributed by atoms with E-state index in [0.717, 1.165) is 60.9 Å². The number of fused-ring (bicyclic) bond motifs is 2. The molecule has 1 aliphatic heterocycles. The van der Waals surface area contributed by atoms with Crippen LogP contribution in [0.15, 0.2) is 29.6 Å². The monoisotopic (exact) mass is 525 g/mol. The number of amides is 1. The second kappa shape index (κ2) is 12.6. The molecule has 0 bridgehead atoms. The Morgan fingerprint density at radius 3 is 2.49 bits per heavy atom. The Morgan fingerprint density at radius 1 is 1.14 bits per heavy atom. The predicted molar refractivity (Wildman–Crippen MR) is 157 cm³/mol. The SMILES string of the molecule is C.CC.CN.COc1cc(C(=O)N2CCCCC2)cc2nc(-c3cc4sccc4n3CC3CC3)n(C)c12. The maximum absolute atomic E-state index is 13.2. The molecule has 2 aliphatic rings. The smallest absolute Gasteiger partial charge is 0.254 e. The van der Waals surface area contributed by atoms with Crippen LogP contribution in [0, 0.1) is 5.92 Å². The van der Waals surface area contributed by atoms with Crippen LogP contribution < -0.4 is 10.5 Å². The van der Waals surface area contributed by atoms with Crippen LogP contribution in [-0.2, 0) is 13.6 Å². The van der Waals surface area contributed by atoms with Crippen LogP contribution in [0.1, 0.15) is 63.7 Å². The molecule has 1 saturated carbocycles. The van der Waals surface area contributed by atoms with Gasteiger partial charge in [-0.25, -0.2) is 4.98 Å². The number of methoxy groups -OCH3 is 1. The molecule has 1 amide bonds. The normalized spacial score (nSPS) is 14.9. The molecule has 6 rings (SSSR count). The highest BCUT2D eigenvalue weighted by Gasteiger charge is 2.27. The van der Waals surface area contributed by atoms with E-state index < -0.39 is 0 Å². The number of hydrogen-bond donors (Lipinski definition) is 1. The van der Waals surface area contributed by atoms with Crippen LogP contribution in [0.2, 0.25) is 0 Å². The standard InChI is InChI=1S/C25H28N4O2S.C2H6.CH5N.CH4/c1-27-23-18(12-17(13-21(23)31-2)25(30)28-9-4-3-5-10-28)26-24(27)20-14-22-19(8-11-32-22)29(20)15-16-6-7-16;2*1-2;/h8,11-14,16H,3-7,9-10,15H2,1-2H3;1-2H3;2H2,1H3;1H4. The molecule has 0 spiro atoms. The lowest BCUT2D eigenvalue weighted by atomic mass is 10.1. The van der Waals surface area contributed by atoms with Crippen molar-refractivity contribution < 1.29 is 9.53 Å². The van der Waals surface area contributed by atoms with Crippen molar-refractivity contribution in [1.82, 2.24) is 19.0 Å². The van der Waals surface area contributed by atoms with Crippen molar-refractivity contribution in [1.29, 1.82) is 0 Å². The third-order valence-electron chi connectivity index (χ3n) is 6.93. The van der Waals surface area contributed by atoms with Gasteiger partial charge in [-0.2, -0.15) is 0 Å². The third-order valence-corrected chi connectivity index (χ3v) is 7.79. The van der Waals surface area contributed by atoms with Gasteiger partial charge >= 0.3 is 0 Å². The molecule has 2 N–H and O–H groups in total. The average Bonchev–Trinajstić information content (AvgIpc) is 3.39. The zero-order chi connectivity index (χ0) is 25.8. The van der Waals surface area contributed by atoms with E-state index in [1.54, 1.807) is 18.4 Å². The van der Waals surface area contributed by atoms with Gasteiger partial charge in [0.15, 0.2) is 5.82 Å².